The molecule has 118 valence electrons. The minimum Gasteiger partial charge on any atom is -0.307 e. The highest BCUT2D eigenvalue weighted by Gasteiger charge is 2.31. The number of rotatable bonds is 5. The van der Waals surface area contributed by atoms with E-state index in [1.54, 1.807) is 6.07 Å². The monoisotopic (exact) mass is 291 g/mol. The molecule has 1 N–H and O–H groups in total. The molecule has 1 fully saturated rings. The molecule has 0 spiro atoms. The molecule has 1 saturated carbocycles. The molecule has 0 heterocycles. The van der Waals surface area contributed by atoms with Crippen LogP contribution in [0.25, 0.3) is 0 Å². The molecule has 0 amide bonds. The zero-order valence-electron chi connectivity index (χ0n) is 13.9. The highest BCUT2D eigenvalue weighted by molar-refractivity contribution is 5.20. The van der Waals surface area contributed by atoms with Crippen LogP contribution in [-0.4, -0.2) is 6.04 Å². The lowest BCUT2D eigenvalue weighted by molar-refractivity contribution is 0.158. The van der Waals surface area contributed by atoms with Crippen molar-refractivity contribution >= 4 is 0 Å². The quantitative estimate of drug-likeness (QED) is 0.773. The van der Waals surface area contributed by atoms with Crippen molar-refractivity contribution in [1.29, 1.82) is 0 Å². The van der Waals surface area contributed by atoms with Crippen LogP contribution >= 0.6 is 0 Å². The first-order valence-electron chi connectivity index (χ1n) is 8.52. The Bertz CT molecular complexity index is 443. The Hall–Kier alpha value is -0.890. The number of benzene rings is 1. The molecule has 0 bridgehead atoms. The second-order valence-corrected chi connectivity index (χ2v) is 7.12. The van der Waals surface area contributed by atoms with Crippen LogP contribution in [0.15, 0.2) is 24.3 Å². The van der Waals surface area contributed by atoms with E-state index in [0.29, 0.717) is 12.0 Å². The summed E-state index contributed by atoms with van der Waals surface area (Å²) >= 11 is 0. The van der Waals surface area contributed by atoms with Crippen molar-refractivity contribution in [3.8, 4) is 0 Å². The topological polar surface area (TPSA) is 12.0 Å². The molecule has 1 nitrogen and oxygen atoms in total. The molecule has 0 aliphatic heterocycles. The van der Waals surface area contributed by atoms with Crippen molar-refractivity contribution in [2.75, 3.05) is 0 Å². The zero-order valence-corrected chi connectivity index (χ0v) is 13.9. The summed E-state index contributed by atoms with van der Waals surface area (Å²) < 4.78 is 13.5. The van der Waals surface area contributed by atoms with Crippen LogP contribution in [-0.2, 0) is 0 Å². The zero-order chi connectivity index (χ0) is 15.4. The molecule has 1 aliphatic rings. The fourth-order valence-corrected chi connectivity index (χ4v) is 3.83. The summed E-state index contributed by atoms with van der Waals surface area (Å²) in [6.45, 7) is 9.20. The molecule has 0 aromatic heterocycles. The second-order valence-electron chi connectivity index (χ2n) is 7.12. The molecule has 0 radical (unpaired) electrons. The summed E-state index contributed by atoms with van der Waals surface area (Å²) in [5.41, 5.74) is 1.08. The van der Waals surface area contributed by atoms with E-state index in [0.717, 1.165) is 23.8 Å². The first kappa shape index (κ1) is 16.5. The fraction of sp³-hybridized carbons (Fsp3) is 0.684. The van der Waals surface area contributed by atoms with Gasteiger partial charge in [0.15, 0.2) is 0 Å². The molecule has 21 heavy (non-hydrogen) atoms. The maximum absolute atomic E-state index is 13.5. The van der Waals surface area contributed by atoms with Gasteiger partial charge in [-0.05, 0) is 54.7 Å². The van der Waals surface area contributed by atoms with Gasteiger partial charge in [-0.2, -0.15) is 0 Å². The average Bonchev–Trinajstić information content (AvgIpc) is 2.44. The highest BCUT2D eigenvalue weighted by Crippen LogP contribution is 2.35. The van der Waals surface area contributed by atoms with Crippen LogP contribution in [0.3, 0.4) is 0 Å². The Labute approximate surface area is 129 Å². The summed E-state index contributed by atoms with van der Waals surface area (Å²) in [4.78, 5) is 0. The van der Waals surface area contributed by atoms with Crippen LogP contribution in [0.5, 0.6) is 0 Å². The van der Waals surface area contributed by atoms with E-state index < -0.39 is 0 Å². The fourth-order valence-electron chi connectivity index (χ4n) is 3.83. The van der Waals surface area contributed by atoms with E-state index in [-0.39, 0.29) is 11.9 Å². The van der Waals surface area contributed by atoms with E-state index in [1.165, 1.54) is 25.3 Å². The molecule has 4 unspecified atom stereocenters. The summed E-state index contributed by atoms with van der Waals surface area (Å²) in [5.74, 6) is 2.11. The van der Waals surface area contributed by atoms with Gasteiger partial charge < -0.3 is 5.32 Å². The van der Waals surface area contributed by atoms with Gasteiger partial charge in [-0.15, -0.1) is 0 Å². The van der Waals surface area contributed by atoms with E-state index >= 15 is 0 Å². The van der Waals surface area contributed by atoms with Crippen LogP contribution < -0.4 is 5.32 Å². The molecule has 1 aromatic rings. The van der Waals surface area contributed by atoms with Gasteiger partial charge in [0.1, 0.15) is 5.82 Å². The maximum Gasteiger partial charge on any atom is 0.123 e. The first-order valence-corrected chi connectivity index (χ1v) is 8.52. The lowest BCUT2D eigenvalue weighted by atomic mass is 9.73. The SMILES string of the molecule is CCC(NC1CC(C)CCC1C(C)C)c1cccc(F)c1. The Morgan fingerprint density at radius 1 is 1.29 bits per heavy atom. The van der Waals surface area contributed by atoms with Crippen LogP contribution in [0.2, 0.25) is 0 Å². The average molecular weight is 291 g/mol. The van der Waals surface area contributed by atoms with Crippen molar-refractivity contribution < 1.29 is 4.39 Å². The van der Waals surface area contributed by atoms with Crippen LogP contribution in [0.4, 0.5) is 4.39 Å². The molecule has 1 aliphatic carbocycles. The lowest BCUT2D eigenvalue weighted by Crippen LogP contribution is -2.44. The maximum atomic E-state index is 13.5. The first-order chi connectivity index (χ1) is 10.0. The largest absolute Gasteiger partial charge is 0.307 e. The van der Waals surface area contributed by atoms with Gasteiger partial charge in [0.2, 0.25) is 0 Å². The molecule has 2 heteroatoms. The van der Waals surface area contributed by atoms with Crippen LogP contribution in [0, 0.1) is 23.6 Å². The van der Waals surface area contributed by atoms with Gasteiger partial charge in [-0.25, -0.2) is 4.39 Å². The minimum atomic E-state index is -0.134. The number of hydrogen-bond acceptors (Lipinski definition) is 1. The summed E-state index contributed by atoms with van der Waals surface area (Å²) in [6.07, 6.45) is 4.90. The van der Waals surface area contributed by atoms with Gasteiger partial charge in [-0.1, -0.05) is 46.2 Å². The number of halogens is 1. The van der Waals surface area contributed by atoms with Crippen LogP contribution in [0.1, 0.15) is 65.0 Å². The predicted molar refractivity (Wildman–Crippen MR) is 87.7 cm³/mol. The Morgan fingerprint density at radius 2 is 2.05 bits per heavy atom. The molecular formula is C19H30FN. The van der Waals surface area contributed by atoms with Crippen molar-refractivity contribution in [2.24, 2.45) is 17.8 Å². The Balaban J connectivity index is 2.11. The smallest absolute Gasteiger partial charge is 0.123 e. The van der Waals surface area contributed by atoms with E-state index in [4.69, 9.17) is 0 Å². The lowest BCUT2D eigenvalue weighted by Gasteiger charge is -2.40. The van der Waals surface area contributed by atoms with Gasteiger partial charge in [0, 0.05) is 12.1 Å². The molecule has 1 aromatic carbocycles. The summed E-state index contributed by atoms with van der Waals surface area (Å²) in [7, 11) is 0. The molecule has 0 saturated heterocycles. The highest BCUT2D eigenvalue weighted by atomic mass is 19.1. The molecular weight excluding hydrogens is 261 g/mol. The second kappa shape index (κ2) is 7.40. The predicted octanol–water partition coefficient (Wildman–Crippen LogP) is 5.33. The third-order valence-corrected chi connectivity index (χ3v) is 5.10. The standard InChI is InChI=1S/C19H30FN/c1-5-18(15-7-6-8-16(20)12-15)21-19-11-14(4)9-10-17(19)13(2)3/h6-8,12-14,17-19,21H,5,9-11H2,1-4H3. The van der Waals surface area contributed by atoms with E-state index in [9.17, 15) is 4.39 Å². The summed E-state index contributed by atoms with van der Waals surface area (Å²) in [5, 5.41) is 3.84. The van der Waals surface area contributed by atoms with E-state index in [2.05, 4.69) is 33.0 Å². The molecule has 2 rings (SSSR count). The van der Waals surface area contributed by atoms with Gasteiger partial charge in [0.25, 0.3) is 0 Å². The third kappa shape index (κ3) is 4.29. The van der Waals surface area contributed by atoms with Crippen molar-refractivity contribution in [2.45, 2.75) is 65.5 Å². The Morgan fingerprint density at radius 3 is 2.67 bits per heavy atom. The number of hydrogen-bond donors (Lipinski definition) is 1. The molecule has 4 atom stereocenters. The van der Waals surface area contributed by atoms with Gasteiger partial charge in [0.05, 0.1) is 0 Å². The summed E-state index contributed by atoms with van der Waals surface area (Å²) in [6, 6.07) is 7.88. The van der Waals surface area contributed by atoms with E-state index in [1.807, 2.05) is 12.1 Å². The van der Waals surface area contributed by atoms with Crippen molar-refractivity contribution in [1.82, 2.24) is 5.32 Å². The van der Waals surface area contributed by atoms with Gasteiger partial charge in [-0.3, -0.25) is 0 Å². The number of nitrogens with one attached hydrogen (secondary N) is 1. The minimum absolute atomic E-state index is 0.134. The van der Waals surface area contributed by atoms with Crippen molar-refractivity contribution in [3.05, 3.63) is 35.6 Å². The van der Waals surface area contributed by atoms with Crippen molar-refractivity contribution in [3.63, 3.8) is 0 Å². The van der Waals surface area contributed by atoms with Gasteiger partial charge >= 0.3 is 0 Å². The normalized spacial score (nSPS) is 27.8. The Kier molecular flexibility index (Phi) is 5.80. The third-order valence-electron chi connectivity index (χ3n) is 5.10.